The molecule has 0 saturated carbocycles. The van der Waals surface area contributed by atoms with Gasteiger partial charge in [-0.3, -0.25) is 4.90 Å². The number of benzene rings is 1. The Morgan fingerprint density at radius 2 is 1.89 bits per heavy atom. The summed E-state index contributed by atoms with van der Waals surface area (Å²) >= 11 is 0. The summed E-state index contributed by atoms with van der Waals surface area (Å²) in [7, 11) is -3.07. The minimum absolute atomic E-state index is 0.0875. The molecule has 2 atom stereocenters. The van der Waals surface area contributed by atoms with Gasteiger partial charge in [-0.2, -0.15) is 0 Å². The molecule has 0 aliphatic carbocycles. The van der Waals surface area contributed by atoms with Crippen molar-refractivity contribution in [1.29, 1.82) is 0 Å². The second-order valence-electron chi connectivity index (χ2n) is 5.55. The minimum atomic E-state index is -3.07. The smallest absolute Gasteiger partial charge is 0.154 e. The second kappa shape index (κ2) is 4.89. The fourth-order valence-electron chi connectivity index (χ4n) is 3.17. The molecule has 2 aliphatic rings. The van der Waals surface area contributed by atoms with Crippen molar-refractivity contribution in [2.75, 3.05) is 18.1 Å². The van der Waals surface area contributed by atoms with Crippen molar-refractivity contribution in [3.8, 4) is 0 Å². The number of rotatable bonds is 1. The fraction of sp³-hybridized carbons (Fsp3) is 0.571. The Morgan fingerprint density at radius 1 is 1.16 bits per heavy atom. The number of nitrogens with zero attached hydrogens (tertiary/aromatic N) is 1. The highest BCUT2D eigenvalue weighted by molar-refractivity contribution is 7.91. The van der Waals surface area contributed by atoms with Gasteiger partial charge in [-0.15, -0.1) is 0 Å². The van der Waals surface area contributed by atoms with E-state index in [0.29, 0.717) is 0 Å². The molecular formula is C14H19NO3S. The lowest BCUT2D eigenvalue weighted by atomic mass is 10.0. The molecule has 104 valence electrons. The van der Waals surface area contributed by atoms with Gasteiger partial charge in [0.05, 0.1) is 23.7 Å². The van der Waals surface area contributed by atoms with Crippen LogP contribution in [-0.4, -0.2) is 48.6 Å². The molecule has 1 fully saturated rings. The first-order chi connectivity index (χ1) is 9.05. The van der Waals surface area contributed by atoms with Crippen LogP contribution in [0.4, 0.5) is 0 Å². The van der Waals surface area contributed by atoms with E-state index in [4.69, 9.17) is 0 Å². The monoisotopic (exact) mass is 281 g/mol. The Labute approximate surface area is 114 Å². The molecule has 0 spiro atoms. The second-order valence-corrected chi connectivity index (χ2v) is 7.71. The Morgan fingerprint density at radius 3 is 2.58 bits per heavy atom. The highest BCUT2D eigenvalue weighted by atomic mass is 32.2. The molecule has 0 bridgehead atoms. The molecular weight excluding hydrogens is 262 g/mol. The summed E-state index contributed by atoms with van der Waals surface area (Å²) in [5.74, 6) is 0.00610. The number of fused-ring (bicyclic) bond motifs is 1. The molecule has 2 aliphatic heterocycles. The minimum Gasteiger partial charge on any atom is -0.390 e. The van der Waals surface area contributed by atoms with Crippen LogP contribution in [0, 0.1) is 0 Å². The molecule has 0 radical (unpaired) electrons. The van der Waals surface area contributed by atoms with Gasteiger partial charge >= 0.3 is 0 Å². The first kappa shape index (κ1) is 13.1. The normalized spacial score (nSPS) is 30.8. The summed E-state index contributed by atoms with van der Waals surface area (Å²) in [6.07, 6.45) is 1.30. The van der Waals surface area contributed by atoms with E-state index in [-0.39, 0.29) is 17.5 Å². The Hall–Kier alpha value is -0.910. The van der Waals surface area contributed by atoms with Crippen molar-refractivity contribution in [1.82, 2.24) is 4.90 Å². The molecule has 5 heteroatoms. The van der Waals surface area contributed by atoms with Gasteiger partial charge in [0.2, 0.25) is 0 Å². The van der Waals surface area contributed by atoms with Gasteiger partial charge in [0.25, 0.3) is 0 Å². The maximum absolute atomic E-state index is 11.6. The zero-order chi connectivity index (χ0) is 13.5. The molecule has 2 heterocycles. The van der Waals surface area contributed by atoms with Gasteiger partial charge in [-0.25, -0.2) is 8.42 Å². The average molecular weight is 281 g/mol. The number of aliphatic hydroxyl groups is 1. The van der Waals surface area contributed by atoms with Crippen LogP contribution < -0.4 is 0 Å². The molecule has 1 saturated heterocycles. The third kappa shape index (κ3) is 2.68. The number of hydrogen-bond acceptors (Lipinski definition) is 4. The average Bonchev–Trinajstić information content (AvgIpc) is 2.54. The third-order valence-corrected chi connectivity index (χ3v) is 5.84. The van der Waals surface area contributed by atoms with Crippen molar-refractivity contribution in [2.24, 2.45) is 0 Å². The predicted octanol–water partition coefficient (Wildman–Crippen LogP) is 0.593. The SMILES string of the molecule is O=S1(=O)CC(O)C(N2CCCc3ccccc3C2)C1. The Kier molecular flexibility index (Phi) is 3.37. The van der Waals surface area contributed by atoms with Crippen LogP contribution in [0.15, 0.2) is 24.3 Å². The standard InChI is InChI=1S/C14H19NO3S/c16-14-10-19(17,18)9-13(14)15-7-3-6-11-4-1-2-5-12(11)8-15/h1-2,4-5,13-14,16H,3,6-10H2. The number of hydrogen-bond donors (Lipinski definition) is 1. The lowest BCUT2D eigenvalue weighted by molar-refractivity contribution is 0.0792. The van der Waals surface area contributed by atoms with E-state index < -0.39 is 15.9 Å². The molecule has 0 amide bonds. The van der Waals surface area contributed by atoms with Gasteiger partial charge in [-0.05, 0) is 30.5 Å². The van der Waals surface area contributed by atoms with E-state index in [2.05, 4.69) is 17.0 Å². The lowest BCUT2D eigenvalue weighted by Crippen LogP contribution is -2.42. The zero-order valence-corrected chi connectivity index (χ0v) is 11.6. The largest absolute Gasteiger partial charge is 0.390 e. The van der Waals surface area contributed by atoms with Crippen LogP contribution in [0.1, 0.15) is 17.5 Å². The summed E-state index contributed by atoms with van der Waals surface area (Å²) in [6.45, 7) is 1.60. The molecule has 19 heavy (non-hydrogen) atoms. The molecule has 0 aromatic heterocycles. The van der Waals surface area contributed by atoms with E-state index in [0.717, 1.165) is 25.9 Å². The van der Waals surface area contributed by atoms with Crippen molar-refractivity contribution < 1.29 is 13.5 Å². The number of aliphatic hydroxyl groups excluding tert-OH is 1. The fourth-order valence-corrected chi connectivity index (χ4v) is 5.00. The van der Waals surface area contributed by atoms with Gasteiger partial charge in [0.15, 0.2) is 9.84 Å². The van der Waals surface area contributed by atoms with Crippen molar-refractivity contribution in [3.05, 3.63) is 35.4 Å². The highest BCUT2D eigenvalue weighted by Gasteiger charge is 2.40. The van der Waals surface area contributed by atoms with E-state index >= 15 is 0 Å². The van der Waals surface area contributed by atoms with Crippen LogP contribution >= 0.6 is 0 Å². The predicted molar refractivity (Wildman–Crippen MR) is 73.6 cm³/mol. The number of aryl methyl sites for hydroxylation is 1. The van der Waals surface area contributed by atoms with Crippen LogP contribution in [0.25, 0.3) is 0 Å². The van der Waals surface area contributed by atoms with Crippen LogP contribution in [-0.2, 0) is 22.8 Å². The first-order valence-corrected chi connectivity index (χ1v) is 8.57. The van der Waals surface area contributed by atoms with Crippen molar-refractivity contribution in [2.45, 2.75) is 31.5 Å². The Balaban J connectivity index is 1.83. The number of sulfone groups is 1. The molecule has 1 aromatic carbocycles. The lowest BCUT2D eigenvalue weighted by Gasteiger charge is -2.28. The topological polar surface area (TPSA) is 57.6 Å². The van der Waals surface area contributed by atoms with E-state index in [1.54, 1.807) is 0 Å². The van der Waals surface area contributed by atoms with Crippen LogP contribution in [0.5, 0.6) is 0 Å². The van der Waals surface area contributed by atoms with Gasteiger partial charge in [0, 0.05) is 6.54 Å². The molecule has 3 rings (SSSR count). The molecule has 1 N–H and O–H groups in total. The highest BCUT2D eigenvalue weighted by Crippen LogP contribution is 2.25. The Bertz CT molecular complexity index is 570. The van der Waals surface area contributed by atoms with E-state index in [1.165, 1.54) is 11.1 Å². The summed E-state index contributed by atoms with van der Waals surface area (Å²) in [6, 6.07) is 8.06. The van der Waals surface area contributed by atoms with Crippen LogP contribution in [0.2, 0.25) is 0 Å². The molecule has 1 aromatic rings. The van der Waals surface area contributed by atoms with Crippen molar-refractivity contribution >= 4 is 9.84 Å². The van der Waals surface area contributed by atoms with E-state index in [9.17, 15) is 13.5 Å². The third-order valence-electron chi connectivity index (χ3n) is 4.15. The van der Waals surface area contributed by atoms with Gasteiger partial charge in [0.1, 0.15) is 0 Å². The summed E-state index contributed by atoms with van der Waals surface area (Å²) < 4.78 is 23.3. The summed E-state index contributed by atoms with van der Waals surface area (Å²) in [5, 5.41) is 10.00. The molecule has 2 unspecified atom stereocenters. The van der Waals surface area contributed by atoms with Crippen LogP contribution in [0.3, 0.4) is 0 Å². The maximum atomic E-state index is 11.6. The maximum Gasteiger partial charge on any atom is 0.154 e. The van der Waals surface area contributed by atoms with Gasteiger partial charge in [-0.1, -0.05) is 24.3 Å². The van der Waals surface area contributed by atoms with Crippen molar-refractivity contribution in [3.63, 3.8) is 0 Å². The quantitative estimate of drug-likeness (QED) is 0.818. The first-order valence-electron chi connectivity index (χ1n) is 6.74. The zero-order valence-electron chi connectivity index (χ0n) is 10.8. The van der Waals surface area contributed by atoms with Gasteiger partial charge < -0.3 is 5.11 Å². The summed E-state index contributed by atoms with van der Waals surface area (Å²) in [5.41, 5.74) is 2.61. The summed E-state index contributed by atoms with van der Waals surface area (Å²) in [4.78, 5) is 2.14. The molecule has 4 nitrogen and oxygen atoms in total. The van der Waals surface area contributed by atoms with E-state index in [1.807, 2.05) is 12.1 Å².